The van der Waals surface area contributed by atoms with Crippen molar-refractivity contribution in [3.63, 3.8) is 0 Å². The maximum Gasteiger partial charge on any atom is 0.210 e. The highest BCUT2D eigenvalue weighted by Crippen LogP contribution is 2.38. The van der Waals surface area contributed by atoms with Crippen molar-refractivity contribution >= 4 is 49.3 Å². The lowest BCUT2D eigenvalue weighted by atomic mass is 10.1. The lowest BCUT2D eigenvalue weighted by Gasteiger charge is -2.12. The van der Waals surface area contributed by atoms with Gasteiger partial charge in [0.2, 0.25) is 5.69 Å². The Kier molecular flexibility index (Phi) is 4.09. The van der Waals surface area contributed by atoms with Gasteiger partial charge in [-0.2, -0.15) is 0 Å². The van der Waals surface area contributed by atoms with E-state index in [4.69, 9.17) is 6.57 Å². The SMILES string of the molecule is [C-]#[N+]c1ccccc1-n1c2cc(F)ccc2c2ccc(-n3c4ccccc4c4ccccc43)cc21. The predicted molar refractivity (Wildman–Crippen MR) is 141 cm³/mol. The molecule has 0 fully saturated rings. The number of fused-ring (bicyclic) bond motifs is 6. The van der Waals surface area contributed by atoms with Crippen LogP contribution in [0.15, 0.2) is 109 Å². The molecule has 2 heterocycles. The smallest absolute Gasteiger partial charge is 0.210 e. The third-order valence-corrected chi connectivity index (χ3v) is 6.79. The van der Waals surface area contributed by atoms with Gasteiger partial charge in [0.25, 0.3) is 0 Å². The van der Waals surface area contributed by atoms with Crippen LogP contribution >= 0.6 is 0 Å². The second-order valence-electron chi connectivity index (χ2n) is 8.67. The Morgan fingerprint density at radius 1 is 0.543 bits per heavy atom. The number of hydrogen-bond donors (Lipinski definition) is 0. The first-order valence-corrected chi connectivity index (χ1v) is 11.4. The Morgan fingerprint density at radius 2 is 1.11 bits per heavy atom. The first-order chi connectivity index (χ1) is 17.2. The van der Waals surface area contributed by atoms with Gasteiger partial charge in [-0.15, -0.1) is 0 Å². The van der Waals surface area contributed by atoms with E-state index in [1.165, 1.54) is 16.8 Å². The van der Waals surface area contributed by atoms with Crippen LogP contribution in [-0.4, -0.2) is 9.13 Å². The minimum atomic E-state index is -0.301. The average molecular weight is 452 g/mol. The number of aromatic nitrogens is 2. The van der Waals surface area contributed by atoms with Gasteiger partial charge in [-0.05, 0) is 48.5 Å². The van der Waals surface area contributed by atoms with E-state index in [2.05, 4.69) is 76.1 Å². The summed E-state index contributed by atoms with van der Waals surface area (Å²) in [4.78, 5) is 3.75. The molecule has 0 N–H and O–H groups in total. The van der Waals surface area contributed by atoms with Crippen molar-refractivity contribution in [2.75, 3.05) is 0 Å². The monoisotopic (exact) mass is 451 g/mol. The van der Waals surface area contributed by atoms with Crippen molar-refractivity contribution in [3.05, 3.63) is 126 Å². The van der Waals surface area contributed by atoms with Crippen LogP contribution in [0.5, 0.6) is 0 Å². The summed E-state index contributed by atoms with van der Waals surface area (Å²) in [6, 6.07) is 35.6. The Bertz CT molecular complexity index is 1930. The van der Waals surface area contributed by atoms with Gasteiger partial charge in [0.15, 0.2) is 0 Å². The summed E-state index contributed by atoms with van der Waals surface area (Å²) >= 11 is 0. The fourth-order valence-electron chi connectivity index (χ4n) is 5.33. The molecule has 0 radical (unpaired) electrons. The molecule has 164 valence electrons. The van der Waals surface area contributed by atoms with Crippen molar-refractivity contribution in [2.45, 2.75) is 0 Å². The lowest BCUT2D eigenvalue weighted by Crippen LogP contribution is -1.97. The number of benzene rings is 5. The van der Waals surface area contributed by atoms with Crippen LogP contribution in [0.4, 0.5) is 10.1 Å². The number of halogens is 1. The van der Waals surface area contributed by atoms with Crippen LogP contribution < -0.4 is 0 Å². The van der Waals surface area contributed by atoms with E-state index in [1.54, 1.807) is 12.1 Å². The fourth-order valence-corrected chi connectivity index (χ4v) is 5.33. The first-order valence-electron chi connectivity index (χ1n) is 11.4. The van der Waals surface area contributed by atoms with E-state index in [9.17, 15) is 4.39 Å². The number of para-hydroxylation sites is 4. The lowest BCUT2D eigenvalue weighted by molar-refractivity contribution is 0.629. The van der Waals surface area contributed by atoms with Gasteiger partial charge in [0.05, 0.1) is 34.3 Å². The first kappa shape index (κ1) is 19.6. The molecule has 3 nitrogen and oxygen atoms in total. The highest BCUT2D eigenvalue weighted by molar-refractivity contribution is 6.12. The molecule has 2 aromatic heterocycles. The van der Waals surface area contributed by atoms with Gasteiger partial charge in [-0.25, -0.2) is 9.24 Å². The minimum Gasteiger partial charge on any atom is -0.319 e. The van der Waals surface area contributed by atoms with Crippen LogP contribution in [-0.2, 0) is 0 Å². The molecule has 5 aromatic carbocycles. The summed E-state index contributed by atoms with van der Waals surface area (Å²) in [5, 5.41) is 4.37. The summed E-state index contributed by atoms with van der Waals surface area (Å²) in [6.45, 7) is 7.72. The second kappa shape index (κ2) is 7.31. The number of rotatable bonds is 2. The van der Waals surface area contributed by atoms with Gasteiger partial charge in [0.1, 0.15) is 5.82 Å². The topological polar surface area (TPSA) is 14.2 Å². The maximum atomic E-state index is 14.4. The molecule has 0 bridgehead atoms. The summed E-state index contributed by atoms with van der Waals surface area (Å²) < 4.78 is 18.7. The van der Waals surface area contributed by atoms with Crippen molar-refractivity contribution < 1.29 is 4.39 Å². The van der Waals surface area contributed by atoms with Crippen LogP contribution in [0, 0.1) is 12.4 Å². The summed E-state index contributed by atoms with van der Waals surface area (Å²) in [5.41, 5.74) is 6.22. The standard InChI is InChI=1S/C31H18FN3/c1-33-26-10-4-7-13-29(26)35-30-18-20(32)14-16-24(30)25-17-15-21(19-31(25)35)34-27-11-5-2-8-22(27)23-9-3-6-12-28(23)34/h2-19H. The third kappa shape index (κ3) is 2.76. The highest BCUT2D eigenvalue weighted by atomic mass is 19.1. The Hall–Kier alpha value is -4.88. The van der Waals surface area contributed by atoms with Gasteiger partial charge in [0, 0.05) is 27.2 Å². The minimum absolute atomic E-state index is 0.301. The molecule has 0 amide bonds. The maximum absolute atomic E-state index is 14.4. The Morgan fingerprint density at radius 3 is 1.83 bits per heavy atom. The van der Waals surface area contributed by atoms with E-state index in [0.29, 0.717) is 5.69 Å². The molecule has 0 atom stereocenters. The molecule has 0 aliphatic heterocycles. The molecule has 0 saturated heterocycles. The van der Waals surface area contributed by atoms with Crippen molar-refractivity contribution in [1.82, 2.24) is 9.13 Å². The van der Waals surface area contributed by atoms with E-state index in [0.717, 1.165) is 44.2 Å². The molecule has 0 aliphatic carbocycles. The van der Waals surface area contributed by atoms with E-state index in [-0.39, 0.29) is 5.82 Å². The fraction of sp³-hybridized carbons (Fsp3) is 0. The summed E-state index contributed by atoms with van der Waals surface area (Å²) in [7, 11) is 0. The van der Waals surface area contributed by atoms with Gasteiger partial charge < -0.3 is 9.13 Å². The highest BCUT2D eigenvalue weighted by Gasteiger charge is 2.18. The summed E-state index contributed by atoms with van der Waals surface area (Å²) in [5.74, 6) is -0.301. The van der Waals surface area contributed by atoms with Gasteiger partial charge in [-0.3, -0.25) is 0 Å². The second-order valence-corrected chi connectivity index (χ2v) is 8.67. The zero-order valence-corrected chi connectivity index (χ0v) is 18.6. The van der Waals surface area contributed by atoms with Crippen LogP contribution in [0.1, 0.15) is 0 Å². The zero-order valence-electron chi connectivity index (χ0n) is 18.6. The normalized spacial score (nSPS) is 11.5. The van der Waals surface area contributed by atoms with E-state index in [1.807, 2.05) is 28.8 Å². The Labute approximate surface area is 200 Å². The van der Waals surface area contributed by atoms with E-state index < -0.39 is 0 Å². The van der Waals surface area contributed by atoms with Crippen LogP contribution in [0.25, 0.3) is 59.8 Å². The van der Waals surface area contributed by atoms with Gasteiger partial charge in [-0.1, -0.05) is 60.7 Å². The third-order valence-electron chi connectivity index (χ3n) is 6.79. The predicted octanol–water partition coefficient (Wildman–Crippen LogP) is 8.57. The van der Waals surface area contributed by atoms with Crippen molar-refractivity contribution in [3.8, 4) is 11.4 Å². The van der Waals surface area contributed by atoms with E-state index >= 15 is 0 Å². The molecule has 0 saturated carbocycles. The van der Waals surface area contributed by atoms with Crippen LogP contribution in [0.2, 0.25) is 0 Å². The van der Waals surface area contributed by atoms with Crippen molar-refractivity contribution in [2.24, 2.45) is 0 Å². The zero-order chi connectivity index (χ0) is 23.5. The molecular formula is C31H18FN3. The molecule has 7 aromatic rings. The molecule has 4 heteroatoms. The average Bonchev–Trinajstić information content (AvgIpc) is 3.40. The van der Waals surface area contributed by atoms with Crippen molar-refractivity contribution in [1.29, 1.82) is 0 Å². The molecule has 0 aliphatic rings. The quantitative estimate of drug-likeness (QED) is 0.234. The van der Waals surface area contributed by atoms with Gasteiger partial charge >= 0.3 is 0 Å². The molecular weight excluding hydrogens is 433 g/mol. The molecule has 0 unspecified atom stereocenters. The Balaban J connectivity index is 1.63. The largest absolute Gasteiger partial charge is 0.319 e. The molecule has 35 heavy (non-hydrogen) atoms. The summed E-state index contributed by atoms with van der Waals surface area (Å²) in [6.07, 6.45) is 0. The molecule has 7 rings (SSSR count). The molecule has 0 spiro atoms. The number of nitrogens with zero attached hydrogens (tertiary/aromatic N) is 3. The number of hydrogen-bond acceptors (Lipinski definition) is 0. The van der Waals surface area contributed by atoms with Crippen LogP contribution in [0.3, 0.4) is 0 Å².